The first-order valence-electron chi connectivity index (χ1n) is 7.83. The van der Waals surface area contributed by atoms with Crippen molar-refractivity contribution in [2.75, 3.05) is 20.3 Å². The maximum absolute atomic E-state index is 5.99. The summed E-state index contributed by atoms with van der Waals surface area (Å²) >= 11 is 0. The Morgan fingerprint density at radius 1 is 1.33 bits per heavy atom. The van der Waals surface area contributed by atoms with Gasteiger partial charge in [0, 0.05) is 24.8 Å². The molecule has 4 nitrogen and oxygen atoms in total. The van der Waals surface area contributed by atoms with E-state index in [4.69, 9.17) is 14.2 Å². The van der Waals surface area contributed by atoms with Crippen molar-refractivity contribution in [3.05, 3.63) is 23.8 Å². The second-order valence-corrected chi connectivity index (χ2v) is 5.81. The zero-order valence-electron chi connectivity index (χ0n) is 13.4. The van der Waals surface area contributed by atoms with E-state index in [-0.39, 0.29) is 6.10 Å². The van der Waals surface area contributed by atoms with Crippen molar-refractivity contribution in [1.29, 1.82) is 0 Å². The van der Waals surface area contributed by atoms with Gasteiger partial charge in [0.05, 0.1) is 13.2 Å². The van der Waals surface area contributed by atoms with Crippen molar-refractivity contribution in [2.45, 2.75) is 51.8 Å². The van der Waals surface area contributed by atoms with Gasteiger partial charge in [0.2, 0.25) is 0 Å². The average Bonchev–Trinajstić information content (AvgIpc) is 2.52. The highest BCUT2D eigenvalue weighted by atomic mass is 16.5. The van der Waals surface area contributed by atoms with E-state index in [1.54, 1.807) is 7.11 Å². The lowest BCUT2D eigenvalue weighted by Gasteiger charge is -2.23. The molecule has 0 amide bonds. The lowest BCUT2D eigenvalue weighted by Crippen LogP contribution is -2.26. The van der Waals surface area contributed by atoms with E-state index in [9.17, 15) is 0 Å². The molecule has 0 bridgehead atoms. The van der Waals surface area contributed by atoms with Crippen LogP contribution in [0.3, 0.4) is 0 Å². The van der Waals surface area contributed by atoms with Gasteiger partial charge in [-0.1, -0.05) is 13.8 Å². The number of nitrogens with one attached hydrogen (secondary N) is 1. The number of hydrogen-bond donors (Lipinski definition) is 1. The largest absolute Gasteiger partial charge is 0.497 e. The van der Waals surface area contributed by atoms with E-state index < -0.39 is 0 Å². The van der Waals surface area contributed by atoms with Gasteiger partial charge < -0.3 is 19.5 Å². The van der Waals surface area contributed by atoms with Crippen molar-refractivity contribution in [2.24, 2.45) is 0 Å². The molecule has 1 fully saturated rings. The summed E-state index contributed by atoms with van der Waals surface area (Å²) in [6.45, 7) is 6.53. The maximum atomic E-state index is 5.99. The maximum Gasteiger partial charge on any atom is 0.124 e. The van der Waals surface area contributed by atoms with Crippen molar-refractivity contribution < 1.29 is 14.2 Å². The Kier molecular flexibility index (Phi) is 6.33. The molecule has 1 saturated heterocycles. The molecule has 118 valence electrons. The molecule has 2 rings (SSSR count). The van der Waals surface area contributed by atoms with Gasteiger partial charge in [0.15, 0.2) is 0 Å². The van der Waals surface area contributed by atoms with Gasteiger partial charge in [-0.25, -0.2) is 0 Å². The van der Waals surface area contributed by atoms with E-state index in [0.717, 1.165) is 36.6 Å². The third kappa shape index (κ3) is 5.21. The van der Waals surface area contributed by atoms with Crippen LogP contribution in [0.4, 0.5) is 0 Å². The standard InChI is InChI=1S/C17H27NO3/c1-13(2)18-11-14-10-15(19-3)7-8-17(14)21-12-16-6-4-5-9-20-16/h7-8,10,13,16,18H,4-6,9,11-12H2,1-3H3. The number of methoxy groups -OCH3 is 1. The third-order valence-corrected chi connectivity index (χ3v) is 3.67. The topological polar surface area (TPSA) is 39.7 Å². The van der Waals surface area contributed by atoms with Crippen LogP contribution in [-0.4, -0.2) is 32.5 Å². The average molecular weight is 293 g/mol. The summed E-state index contributed by atoms with van der Waals surface area (Å²) in [5.74, 6) is 1.77. The number of hydrogen-bond acceptors (Lipinski definition) is 4. The summed E-state index contributed by atoms with van der Waals surface area (Å²) in [7, 11) is 1.69. The Morgan fingerprint density at radius 3 is 2.86 bits per heavy atom. The molecule has 4 heteroatoms. The molecule has 1 aromatic rings. The molecule has 1 aromatic carbocycles. The van der Waals surface area contributed by atoms with Crippen molar-refractivity contribution in [1.82, 2.24) is 5.32 Å². The zero-order chi connectivity index (χ0) is 15.1. The van der Waals surface area contributed by atoms with Crippen LogP contribution >= 0.6 is 0 Å². The van der Waals surface area contributed by atoms with Gasteiger partial charge in [-0.15, -0.1) is 0 Å². The van der Waals surface area contributed by atoms with E-state index >= 15 is 0 Å². The first-order chi connectivity index (χ1) is 10.2. The molecule has 1 atom stereocenters. The summed E-state index contributed by atoms with van der Waals surface area (Å²) in [6, 6.07) is 6.40. The molecule has 1 N–H and O–H groups in total. The van der Waals surface area contributed by atoms with Crippen LogP contribution in [0.1, 0.15) is 38.7 Å². The third-order valence-electron chi connectivity index (χ3n) is 3.67. The first-order valence-corrected chi connectivity index (χ1v) is 7.83. The van der Waals surface area contributed by atoms with E-state index in [0.29, 0.717) is 12.6 Å². The Labute approximate surface area is 127 Å². The van der Waals surface area contributed by atoms with Gasteiger partial charge >= 0.3 is 0 Å². The highest BCUT2D eigenvalue weighted by molar-refractivity contribution is 5.40. The van der Waals surface area contributed by atoms with Crippen molar-refractivity contribution >= 4 is 0 Å². The second-order valence-electron chi connectivity index (χ2n) is 5.81. The Morgan fingerprint density at radius 2 is 2.19 bits per heavy atom. The predicted molar refractivity (Wildman–Crippen MR) is 84.1 cm³/mol. The highest BCUT2D eigenvalue weighted by Crippen LogP contribution is 2.25. The van der Waals surface area contributed by atoms with Crippen LogP contribution in [0.25, 0.3) is 0 Å². The molecule has 1 aliphatic rings. The van der Waals surface area contributed by atoms with Gasteiger partial charge in [-0.3, -0.25) is 0 Å². The number of rotatable bonds is 7. The molecule has 0 radical (unpaired) electrons. The fourth-order valence-electron chi connectivity index (χ4n) is 2.40. The minimum absolute atomic E-state index is 0.228. The molecular formula is C17H27NO3. The summed E-state index contributed by atoms with van der Waals surface area (Å²) in [5.41, 5.74) is 1.12. The lowest BCUT2D eigenvalue weighted by atomic mass is 10.1. The first kappa shape index (κ1) is 16.1. The lowest BCUT2D eigenvalue weighted by molar-refractivity contribution is -0.0112. The molecule has 0 saturated carbocycles. The Hall–Kier alpha value is -1.26. The number of benzene rings is 1. The Bertz CT molecular complexity index is 428. The molecule has 21 heavy (non-hydrogen) atoms. The van der Waals surface area contributed by atoms with E-state index in [1.165, 1.54) is 12.8 Å². The Balaban J connectivity index is 1.98. The quantitative estimate of drug-likeness (QED) is 0.838. The van der Waals surface area contributed by atoms with Gasteiger partial charge in [-0.2, -0.15) is 0 Å². The fraction of sp³-hybridized carbons (Fsp3) is 0.647. The summed E-state index contributed by atoms with van der Waals surface area (Å²) in [5, 5.41) is 3.42. The van der Waals surface area contributed by atoms with Gasteiger partial charge in [0.1, 0.15) is 18.1 Å². The van der Waals surface area contributed by atoms with Crippen LogP contribution in [0.5, 0.6) is 11.5 Å². The SMILES string of the molecule is COc1ccc(OCC2CCCCO2)c(CNC(C)C)c1. The van der Waals surface area contributed by atoms with E-state index in [2.05, 4.69) is 19.2 Å². The smallest absolute Gasteiger partial charge is 0.124 e. The monoisotopic (exact) mass is 293 g/mol. The molecule has 1 aliphatic heterocycles. The predicted octanol–water partition coefficient (Wildman–Crippen LogP) is 3.14. The van der Waals surface area contributed by atoms with Gasteiger partial charge in [-0.05, 0) is 37.5 Å². The second kappa shape index (κ2) is 8.25. The number of ether oxygens (including phenoxy) is 3. The molecule has 0 aliphatic carbocycles. The van der Waals surface area contributed by atoms with Crippen LogP contribution in [-0.2, 0) is 11.3 Å². The minimum Gasteiger partial charge on any atom is -0.497 e. The molecule has 0 spiro atoms. The molecular weight excluding hydrogens is 266 g/mol. The van der Waals surface area contributed by atoms with Crippen molar-refractivity contribution in [3.8, 4) is 11.5 Å². The summed E-state index contributed by atoms with van der Waals surface area (Å²) < 4.78 is 17.0. The molecule has 1 heterocycles. The van der Waals surface area contributed by atoms with E-state index in [1.807, 2.05) is 18.2 Å². The van der Waals surface area contributed by atoms with Crippen LogP contribution in [0.15, 0.2) is 18.2 Å². The van der Waals surface area contributed by atoms with Crippen LogP contribution in [0, 0.1) is 0 Å². The molecule has 1 unspecified atom stereocenters. The summed E-state index contributed by atoms with van der Waals surface area (Å²) in [4.78, 5) is 0. The van der Waals surface area contributed by atoms with Crippen LogP contribution < -0.4 is 14.8 Å². The summed E-state index contributed by atoms with van der Waals surface area (Å²) in [6.07, 6.45) is 3.73. The van der Waals surface area contributed by atoms with Crippen molar-refractivity contribution in [3.63, 3.8) is 0 Å². The zero-order valence-corrected chi connectivity index (χ0v) is 13.4. The fourth-order valence-corrected chi connectivity index (χ4v) is 2.40. The normalized spacial score (nSPS) is 18.8. The highest BCUT2D eigenvalue weighted by Gasteiger charge is 2.15. The molecule has 0 aromatic heterocycles. The van der Waals surface area contributed by atoms with Crippen LogP contribution in [0.2, 0.25) is 0 Å². The minimum atomic E-state index is 0.228. The van der Waals surface area contributed by atoms with Gasteiger partial charge in [0.25, 0.3) is 0 Å².